The molecule has 5 heteroatoms. The number of hydrogen-bond donors (Lipinski definition) is 0. The first-order chi connectivity index (χ1) is 36.2. The SMILES string of the molecule is c1ccc(-c2ccc(N(c3cccc4ccccc34)c3cccc4c3sc3ccc(N(c5cccc(N(c6ccccc6)c6cccc7ccccc67)c5)c5ccc6sc7ccccc7c6c5)cc34)cc2)cc1. The Hall–Kier alpha value is -9.00. The van der Waals surface area contributed by atoms with Gasteiger partial charge in [0.2, 0.25) is 0 Å². The van der Waals surface area contributed by atoms with E-state index in [1.807, 2.05) is 22.7 Å². The summed E-state index contributed by atoms with van der Waals surface area (Å²) < 4.78 is 5.05. The van der Waals surface area contributed by atoms with E-state index in [2.05, 4.69) is 288 Å². The summed E-state index contributed by atoms with van der Waals surface area (Å²) in [6, 6.07) is 99.8. The van der Waals surface area contributed by atoms with E-state index in [4.69, 9.17) is 0 Å². The molecule has 0 aliphatic heterocycles. The summed E-state index contributed by atoms with van der Waals surface area (Å²) in [5, 5.41) is 9.81. The summed E-state index contributed by atoms with van der Waals surface area (Å²) >= 11 is 3.72. The summed E-state index contributed by atoms with van der Waals surface area (Å²) in [4.78, 5) is 7.31. The minimum absolute atomic E-state index is 1.07. The van der Waals surface area contributed by atoms with Gasteiger partial charge < -0.3 is 14.7 Å². The maximum atomic E-state index is 2.46. The Balaban J connectivity index is 0.955. The fourth-order valence-corrected chi connectivity index (χ4v) is 13.1. The van der Waals surface area contributed by atoms with Crippen LogP contribution in [0, 0.1) is 0 Å². The molecule has 0 amide bonds. The summed E-state index contributed by atoms with van der Waals surface area (Å²) in [6.45, 7) is 0. The minimum Gasteiger partial charge on any atom is -0.310 e. The van der Waals surface area contributed by atoms with Gasteiger partial charge in [0.05, 0.1) is 21.8 Å². The maximum absolute atomic E-state index is 2.46. The van der Waals surface area contributed by atoms with E-state index in [9.17, 15) is 0 Å². The molecule has 0 aliphatic rings. The van der Waals surface area contributed by atoms with Crippen LogP contribution in [0.25, 0.3) is 73.0 Å². The number of anilines is 9. The van der Waals surface area contributed by atoms with E-state index in [-0.39, 0.29) is 0 Å². The van der Waals surface area contributed by atoms with Crippen LogP contribution in [0.1, 0.15) is 0 Å². The lowest BCUT2D eigenvalue weighted by molar-refractivity contribution is 1.26. The van der Waals surface area contributed by atoms with Gasteiger partial charge in [-0.2, -0.15) is 0 Å². The lowest BCUT2D eigenvalue weighted by atomic mass is 10.0. The molecule has 14 aromatic rings. The van der Waals surface area contributed by atoms with Crippen molar-refractivity contribution < 1.29 is 0 Å². The number of benzene rings is 12. The van der Waals surface area contributed by atoms with Crippen LogP contribution in [0.4, 0.5) is 51.2 Å². The molecule has 12 aromatic carbocycles. The van der Waals surface area contributed by atoms with E-state index < -0.39 is 0 Å². The van der Waals surface area contributed by atoms with Crippen LogP contribution in [0.2, 0.25) is 0 Å². The van der Waals surface area contributed by atoms with Gasteiger partial charge in [-0.05, 0) is 125 Å². The molecule has 14 rings (SSSR count). The predicted molar refractivity (Wildman–Crippen MR) is 317 cm³/mol. The van der Waals surface area contributed by atoms with Gasteiger partial charge in [-0.15, -0.1) is 22.7 Å². The molecule has 0 saturated heterocycles. The van der Waals surface area contributed by atoms with Crippen molar-refractivity contribution in [3.63, 3.8) is 0 Å². The summed E-state index contributed by atoms with van der Waals surface area (Å²) in [7, 11) is 0. The van der Waals surface area contributed by atoms with Gasteiger partial charge in [-0.3, -0.25) is 0 Å². The largest absolute Gasteiger partial charge is 0.310 e. The third-order valence-electron chi connectivity index (χ3n) is 14.2. The highest BCUT2D eigenvalue weighted by Crippen LogP contribution is 2.49. The highest BCUT2D eigenvalue weighted by molar-refractivity contribution is 7.26. The molecular formula is C68H45N3S2. The average molecular weight is 968 g/mol. The van der Waals surface area contributed by atoms with E-state index in [1.165, 1.54) is 73.0 Å². The van der Waals surface area contributed by atoms with Gasteiger partial charge in [-0.1, -0.05) is 170 Å². The Morgan fingerprint density at radius 2 is 0.644 bits per heavy atom. The second-order valence-electron chi connectivity index (χ2n) is 18.5. The molecule has 3 nitrogen and oxygen atoms in total. The van der Waals surface area contributed by atoms with Crippen molar-refractivity contribution in [2.24, 2.45) is 0 Å². The number of rotatable bonds is 10. The van der Waals surface area contributed by atoms with Gasteiger partial charge in [0.1, 0.15) is 0 Å². The quantitative estimate of drug-likeness (QED) is 0.135. The summed E-state index contributed by atoms with van der Waals surface area (Å²) in [6.07, 6.45) is 0. The van der Waals surface area contributed by atoms with Crippen LogP contribution in [0.15, 0.2) is 273 Å². The van der Waals surface area contributed by atoms with Gasteiger partial charge in [-0.25, -0.2) is 0 Å². The van der Waals surface area contributed by atoms with Crippen LogP contribution < -0.4 is 14.7 Å². The fourth-order valence-electron chi connectivity index (χ4n) is 10.8. The van der Waals surface area contributed by atoms with Crippen LogP contribution in [-0.2, 0) is 0 Å². The molecule has 73 heavy (non-hydrogen) atoms. The van der Waals surface area contributed by atoms with E-state index >= 15 is 0 Å². The molecule has 0 fully saturated rings. The van der Waals surface area contributed by atoms with Gasteiger partial charge in [0.15, 0.2) is 0 Å². The maximum Gasteiger partial charge on any atom is 0.0640 e. The molecule has 2 heterocycles. The van der Waals surface area contributed by atoms with Gasteiger partial charge >= 0.3 is 0 Å². The summed E-state index contributed by atoms with van der Waals surface area (Å²) in [5.41, 5.74) is 12.4. The van der Waals surface area contributed by atoms with Crippen molar-refractivity contribution in [2.75, 3.05) is 14.7 Å². The van der Waals surface area contributed by atoms with Crippen molar-refractivity contribution in [1.29, 1.82) is 0 Å². The number of hydrogen-bond acceptors (Lipinski definition) is 5. The lowest BCUT2D eigenvalue weighted by Gasteiger charge is -2.30. The first-order valence-corrected chi connectivity index (χ1v) is 26.4. The normalized spacial score (nSPS) is 11.6. The molecule has 0 atom stereocenters. The molecular weight excluding hydrogens is 923 g/mol. The summed E-state index contributed by atoms with van der Waals surface area (Å²) in [5.74, 6) is 0. The van der Waals surface area contributed by atoms with Crippen LogP contribution in [-0.4, -0.2) is 0 Å². The Kier molecular flexibility index (Phi) is 10.6. The van der Waals surface area contributed by atoms with Crippen molar-refractivity contribution in [2.45, 2.75) is 0 Å². The average Bonchev–Trinajstić information content (AvgIpc) is 4.03. The first kappa shape index (κ1) is 42.8. The van der Waals surface area contributed by atoms with Crippen molar-refractivity contribution in [3.05, 3.63) is 273 Å². The second-order valence-corrected chi connectivity index (χ2v) is 20.6. The molecule has 344 valence electrons. The minimum atomic E-state index is 1.07. The molecule has 2 aromatic heterocycles. The van der Waals surface area contributed by atoms with Crippen molar-refractivity contribution >= 4 is 136 Å². The first-order valence-electron chi connectivity index (χ1n) is 24.7. The molecule has 0 unspecified atom stereocenters. The number of nitrogens with zero attached hydrogens (tertiary/aromatic N) is 3. The molecule has 0 N–H and O–H groups in total. The standard InChI is InChI=1S/C68H45N3S2/c1-3-17-46(18-4-1)47-35-37-51(38-36-47)71(63-32-14-22-49-20-8-10-28-57(49)63)64-33-16-30-59-61-45-55(40-42-67(61)73-68(59)64)69(54-39-41-66-60(44-54)58-29-11-12-34-65(58)72-66)52-25-15-26-53(43-52)70(50-23-5-2-6-24-50)62-31-13-21-48-19-7-9-27-56(48)62/h1-45H. The lowest BCUT2D eigenvalue weighted by Crippen LogP contribution is -2.13. The predicted octanol–water partition coefficient (Wildman–Crippen LogP) is 20.8. The molecule has 0 aliphatic carbocycles. The smallest absolute Gasteiger partial charge is 0.0640 e. The molecule has 0 spiro atoms. The third-order valence-corrected chi connectivity index (χ3v) is 16.5. The monoisotopic (exact) mass is 967 g/mol. The van der Waals surface area contributed by atoms with Gasteiger partial charge in [0.25, 0.3) is 0 Å². The van der Waals surface area contributed by atoms with Gasteiger partial charge in [0, 0.05) is 80.5 Å². The Morgan fingerprint density at radius 1 is 0.219 bits per heavy atom. The highest BCUT2D eigenvalue weighted by Gasteiger charge is 2.23. The van der Waals surface area contributed by atoms with E-state index in [0.29, 0.717) is 0 Å². The van der Waals surface area contributed by atoms with E-state index in [0.717, 1.165) is 51.2 Å². The fraction of sp³-hybridized carbons (Fsp3) is 0. The second kappa shape index (κ2) is 18.0. The van der Waals surface area contributed by atoms with Crippen LogP contribution in [0.5, 0.6) is 0 Å². The zero-order chi connectivity index (χ0) is 48.2. The van der Waals surface area contributed by atoms with Crippen LogP contribution in [0.3, 0.4) is 0 Å². The number of fused-ring (bicyclic) bond motifs is 8. The van der Waals surface area contributed by atoms with Crippen molar-refractivity contribution in [3.8, 4) is 11.1 Å². The number of thiophene rings is 2. The third kappa shape index (κ3) is 7.57. The highest BCUT2D eigenvalue weighted by atomic mass is 32.1. The Labute approximate surface area is 431 Å². The number of para-hydroxylation sites is 1. The topological polar surface area (TPSA) is 9.72 Å². The Morgan fingerprint density at radius 3 is 1.34 bits per heavy atom. The van der Waals surface area contributed by atoms with Crippen molar-refractivity contribution in [1.82, 2.24) is 0 Å². The molecule has 0 saturated carbocycles. The van der Waals surface area contributed by atoms with E-state index in [1.54, 1.807) is 0 Å². The van der Waals surface area contributed by atoms with Crippen LogP contribution >= 0.6 is 22.7 Å². The molecule has 0 radical (unpaired) electrons. The molecule has 0 bridgehead atoms. The zero-order valence-corrected chi connectivity index (χ0v) is 41.3. The zero-order valence-electron chi connectivity index (χ0n) is 39.6. The Bertz CT molecular complexity index is 4340.